The minimum atomic E-state index is 0.0189. The molecule has 0 aliphatic heterocycles. The van der Waals surface area contributed by atoms with Crippen molar-refractivity contribution in [3.63, 3.8) is 0 Å². The Balaban J connectivity index is 1.81. The summed E-state index contributed by atoms with van der Waals surface area (Å²) in [5.41, 5.74) is 2.04. The van der Waals surface area contributed by atoms with Crippen LogP contribution in [0.5, 0.6) is 5.75 Å². The molecule has 1 heterocycles. The molecule has 1 aromatic heterocycles. The molecule has 0 unspecified atom stereocenters. The van der Waals surface area contributed by atoms with E-state index in [0.29, 0.717) is 13.0 Å². The van der Waals surface area contributed by atoms with E-state index in [-0.39, 0.29) is 5.91 Å². The van der Waals surface area contributed by atoms with E-state index in [9.17, 15) is 4.79 Å². The van der Waals surface area contributed by atoms with E-state index in [2.05, 4.69) is 10.3 Å². The third-order valence-corrected chi connectivity index (χ3v) is 2.68. The van der Waals surface area contributed by atoms with Gasteiger partial charge in [0.15, 0.2) is 0 Å². The summed E-state index contributed by atoms with van der Waals surface area (Å²) in [7, 11) is 1.63. The molecule has 0 aliphatic rings. The number of hydrogen-bond donors (Lipinski definition) is 2. The van der Waals surface area contributed by atoms with Gasteiger partial charge in [-0.05, 0) is 29.3 Å². The van der Waals surface area contributed by atoms with Crippen LogP contribution in [-0.4, -0.2) is 18.0 Å². The van der Waals surface area contributed by atoms with Crippen molar-refractivity contribution in [1.29, 1.82) is 0 Å². The summed E-state index contributed by atoms with van der Waals surface area (Å²) in [5.74, 6) is 0.836. The highest BCUT2D eigenvalue weighted by atomic mass is 16.5. The number of hydrogen-bond acceptors (Lipinski definition) is 2. The first-order valence-electron chi connectivity index (χ1n) is 5.79. The number of rotatable bonds is 5. The minimum absolute atomic E-state index is 0.0189. The van der Waals surface area contributed by atoms with Crippen LogP contribution >= 0.6 is 0 Å². The molecule has 94 valence electrons. The number of H-pyrrole nitrogens is 1. The third-order valence-electron chi connectivity index (χ3n) is 2.68. The van der Waals surface area contributed by atoms with Crippen LogP contribution in [0, 0.1) is 0 Å². The maximum absolute atomic E-state index is 11.7. The number of aromatic nitrogens is 1. The lowest BCUT2D eigenvalue weighted by molar-refractivity contribution is -0.120. The third kappa shape index (κ3) is 3.38. The lowest BCUT2D eigenvalue weighted by Gasteiger charge is -2.05. The molecule has 0 bridgehead atoms. The van der Waals surface area contributed by atoms with Gasteiger partial charge in [0, 0.05) is 18.9 Å². The molecule has 0 radical (unpaired) electrons. The number of methoxy groups -OCH3 is 1. The predicted molar refractivity (Wildman–Crippen MR) is 69.3 cm³/mol. The van der Waals surface area contributed by atoms with Gasteiger partial charge in [0.2, 0.25) is 5.91 Å². The summed E-state index contributed by atoms with van der Waals surface area (Å²) in [5, 5.41) is 2.88. The molecule has 0 saturated carbocycles. The lowest BCUT2D eigenvalue weighted by Crippen LogP contribution is -2.24. The molecular weight excluding hydrogens is 228 g/mol. The zero-order valence-corrected chi connectivity index (χ0v) is 10.3. The lowest BCUT2D eigenvalue weighted by atomic mass is 10.2. The van der Waals surface area contributed by atoms with Crippen LogP contribution in [0.3, 0.4) is 0 Å². The summed E-state index contributed by atoms with van der Waals surface area (Å²) in [6.45, 7) is 0.535. The zero-order chi connectivity index (χ0) is 12.8. The molecule has 1 aromatic carbocycles. The summed E-state index contributed by atoms with van der Waals surface area (Å²) < 4.78 is 5.07. The second kappa shape index (κ2) is 5.91. The van der Waals surface area contributed by atoms with Gasteiger partial charge in [0.05, 0.1) is 13.5 Å². The van der Waals surface area contributed by atoms with Crippen molar-refractivity contribution < 1.29 is 9.53 Å². The molecule has 0 aliphatic carbocycles. The molecule has 2 rings (SSSR count). The standard InChI is InChI=1S/C14H16N2O2/c1-18-13-4-2-11(3-5-13)10-16-14(17)8-12-6-7-15-9-12/h2-7,9,15H,8,10H2,1H3,(H,16,17). The second-order valence-electron chi connectivity index (χ2n) is 4.02. The Morgan fingerprint density at radius 1 is 1.22 bits per heavy atom. The second-order valence-corrected chi connectivity index (χ2v) is 4.02. The quantitative estimate of drug-likeness (QED) is 0.843. The Hall–Kier alpha value is -2.23. The molecule has 0 spiro atoms. The van der Waals surface area contributed by atoms with Crippen LogP contribution in [-0.2, 0) is 17.8 Å². The van der Waals surface area contributed by atoms with Crippen molar-refractivity contribution in [3.8, 4) is 5.75 Å². The molecule has 0 atom stereocenters. The molecule has 4 heteroatoms. The van der Waals surface area contributed by atoms with Gasteiger partial charge in [-0.25, -0.2) is 0 Å². The minimum Gasteiger partial charge on any atom is -0.497 e. The Morgan fingerprint density at radius 2 is 2.00 bits per heavy atom. The van der Waals surface area contributed by atoms with Gasteiger partial charge in [0.25, 0.3) is 0 Å². The maximum Gasteiger partial charge on any atom is 0.224 e. The van der Waals surface area contributed by atoms with Gasteiger partial charge in [-0.2, -0.15) is 0 Å². The van der Waals surface area contributed by atoms with Crippen molar-refractivity contribution >= 4 is 5.91 Å². The van der Waals surface area contributed by atoms with E-state index < -0.39 is 0 Å². The van der Waals surface area contributed by atoms with Gasteiger partial charge >= 0.3 is 0 Å². The maximum atomic E-state index is 11.7. The average Bonchev–Trinajstić information content (AvgIpc) is 2.90. The molecule has 4 nitrogen and oxygen atoms in total. The van der Waals surface area contributed by atoms with Crippen molar-refractivity contribution in [1.82, 2.24) is 10.3 Å². The summed E-state index contributed by atoms with van der Waals surface area (Å²) >= 11 is 0. The highest BCUT2D eigenvalue weighted by Crippen LogP contribution is 2.10. The zero-order valence-electron chi connectivity index (χ0n) is 10.3. The van der Waals surface area contributed by atoms with Crippen molar-refractivity contribution in [3.05, 3.63) is 53.9 Å². The number of amides is 1. The van der Waals surface area contributed by atoms with Crippen molar-refractivity contribution in [2.45, 2.75) is 13.0 Å². The summed E-state index contributed by atoms with van der Waals surface area (Å²) in [4.78, 5) is 14.6. The SMILES string of the molecule is COc1ccc(CNC(=O)Cc2cc[nH]c2)cc1. The van der Waals surface area contributed by atoms with E-state index in [0.717, 1.165) is 16.9 Å². The first-order valence-corrected chi connectivity index (χ1v) is 5.79. The Kier molecular flexibility index (Phi) is 4.02. The number of nitrogens with one attached hydrogen (secondary N) is 2. The van der Waals surface area contributed by atoms with Crippen LogP contribution in [0.1, 0.15) is 11.1 Å². The van der Waals surface area contributed by atoms with Crippen LogP contribution in [0.25, 0.3) is 0 Å². The fraction of sp³-hybridized carbons (Fsp3) is 0.214. The van der Waals surface area contributed by atoms with E-state index in [1.165, 1.54) is 0 Å². The number of benzene rings is 1. The van der Waals surface area contributed by atoms with E-state index in [4.69, 9.17) is 4.74 Å². The van der Waals surface area contributed by atoms with Crippen LogP contribution < -0.4 is 10.1 Å². The largest absolute Gasteiger partial charge is 0.497 e. The summed E-state index contributed by atoms with van der Waals surface area (Å²) in [6, 6.07) is 9.54. The van der Waals surface area contributed by atoms with Crippen LogP contribution in [0.15, 0.2) is 42.7 Å². The van der Waals surface area contributed by atoms with E-state index in [1.54, 1.807) is 7.11 Å². The molecule has 0 saturated heterocycles. The number of carbonyl (C=O) groups is 1. The average molecular weight is 244 g/mol. The molecule has 18 heavy (non-hydrogen) atoms. The molecule has 1 amide bonds. The van der Waals surface area contributed by atoms with Gasteiger partial charge in [-0.15, -0.1) is 0 Å². The van der Waals surface area contributed by atoms with Crippen LogP contribution in [0.4, 0.5) is 0 Å². The highest BCUT2D eigenvalue weighted by Gasteiger charge is 2.03. The summed E-state index contributed by atoms with van der Waals surface area (Å²) in [6.07, 6.45) is 4.04. The predicted octanol–water partition coefficient (Wildman–Crippen LogP) is 1.88. The fourth-order valence-corrected chi connectivity index (χ4v) is 1.66. The molecule has 2 N–H and O–H groups in total. The molecule has 2 aromatic rings. The van der Waals surface area contributed by atoms with Crippen LogP contribution in [0.2, 0.25) is 0 Å². The van der Waals surface area contributed by atoms with Gasteiger partial charge in [0.1, 0.15) is 5.75 Å². The first-order chi connectivity index (χ1) is 8.78. The topological polar surface area (TPSA) is 54.1 Å². The normalized spacial score (nSPS) is 10.1. The number of carbonyl (C=O) groups excluding carboxylic acids is 1. The number of aromatic amines is 1. The first kappa shape index (κ1) is 12.2. The molecular formula is C14H16N2O2. The van der Waals surface area contributed by atoms with Gasteiger partial charge in [-0.3, -0.25) is 4.79 Å². The smallest absolute Gasteiger partial charge is 0.224 e. The fourth-order valence-electron chi connectivity index (χ4n) is 1.66. The Bertz CT molecular complexity index is 489. The Labute approximate surface area is 106 Å². The van der Waals surface area contributed by atoms with E-state index in [1.807, 2.05) is 42.7 Å². The van der Waals surface area contributed by atoms with Crippen molar-refractivity contribution in [2.24, 2.45) is 0 Å². The molecule has 0 fully saturated rings. The highest BCUT2D eigenvalue weighted by molar-refractivity contribution is 5.78. The van der Waals surface area contributed by atoms with Gasteiger partial charge < -0.3 is 15.0 Å². The number of ether oxygens (including phenoxy) is 1. The monoisotopic (exact) mass is 244 g/mol. The van der Waals surface area contributed by atoms with Crippen molar-refractivity contribution in [2.75, 3.05) is 7.11 Å². The van der Waals surface area contributed by atoms with E-state index >= 15 is 0 Å². The Morgan fingerprint density at radius 3 is 2.61 bits per heavy atom. The van der Waals surface area contributed by atoms with Gasteiger partial charge in [-0.1, -0.05) is 12.1 Å².